The number of aromatic nitrogens is 4. The predicted molar refractivity (Wildman–Crippen MR) is 116 cm³/mol. The maximum atomic E-state index is 16.1. The quantitative estimate of drug-likeness (QED) is 0.360. The summed E-state index contributed by atoms with van der Waals surface area (Å²) in [4.78, 5) is 0. The summed E-state index contributed by atoms with van der Waals surface area (Å²) in [7, 11) is 0. The Kier molecular flexibility index (Phi) is 5.85. The van der Waals surface area contributed by atoms with Gasteiger partial charge in [-0.1, -0.05) is 24.0 Å². The minimum Gasteiger partial charge on any atom is -0.379 e. The fraction of sp³-hybridized carbons (Fsp3) is 0.400. The maximum Gasteiger partial charge on any atom is 0.418 e. The minimum atomic E-state index is -4.82. The van der Waals surface area contributed by atoms with Crippen molar-refractivity contribution < 1.29 is 40.9 Å². The Balaban J connectivity index is 1.37. The van der Waals surface area contributed by atoms with E-state index < -0.39 is 58.4 Å². The first-order valence-corrected chi connectivity index (χ1v) is 11.3. The van der Waals surface area contributed by atoms with Crippen molar-refractivity contribution in [1.82, 2.24) is 20.2 Å². The smallest absolute Gasteiger partial charge is 0.379 e. The van der Waals surface area contributed by atoms with Crippen LogP contribution in [0.4, 0.5) is 30.7 Å². The molecule has 3 fully saturated rings. The van der Waals surface area contributed by atoms with Gasteiger partial charge in [0.2, 0.25) is 0 Å². The third-order valence-corrected chi connectivity index (χ3v) is 7.38. The molecule has 0 saturated heterocycles. The van der Waals surface area contributed by atoms with E-state index in [2.05, 4.69) is 27.4 Å². The Hall–Kier alpha value is -3.50. The zero-order valence-corrected chi connectivity index (χ0v) is 19.4. The number of benzene rings is 2. The molecular weight excluding hydrogens is 521 g/mol. The first kappa shape index (κ1) is 26.1. The molecule has 0 spiro atoms. The van der Waals surface area contributed by atoms with E-state index in [4.69, 9.17) is 0 Å². The molecule has 2 aromatic carbocycles. The number of tetrazole rings is 1. The maximum absolute atomic E-state index is 16.1. The molecule has 6 nitrogen and oxygen atoms in total. The van der Waals surface area contributed by atoms with Crippen LogP contribution in [0.5, 0.6) is 0 Å². The van der Waals surface area contributed by atoms with Gasteiger partial charge in [0.1, 0.15) is 18.0 Å². The molecule has 1 heterocycles. The summed E-state index contributed by atoms with van der Waals surface area (Å²) in [5, 5.41) is 30.9. The van der Waals surface area contributed by atoms with Gasteiger partial charge >= 0.3 is 6.18 Å². The van der Waals surface area contributed by atoms with E-state index in [1.807, 2.05) is 0 Å². The van der Waals surface area contributed by atoms with Gasteiger partial charge in [0.15, 0.2) is 11.7 Å². The Morgan fingerprint density at radius 2 is 1.66 bits per heavy atom. The van der Waals surface area contributed by atoms with Crippen LogP contribution < -0.4 is 0 Å². The van der Waals surface area contributed by atoms with Crippen LogP contribution in [0, 0.1) is 34.3 Å². The average Bonchev–Trinajstić information content (AvgIpc) is 3.29. The number of hydrogen-bond acceptors (Lipinski definition) is 5. The molecule has 6 rings (SSSR count). The summed E-state index contributed by atoms with van der Waals surface area (Å²) in [5.41, 5.74) is -6.46. The SMILES string of the molecule is O[C@H](c1ccc(C#CC23CC(C(F)(F)[C@@](O)(Cn4cnnn4)c4ccc(F)cc4F)(C2)C3)cc1)C(F)(F)F. The molecule has 2 atom stereocenters. The average molecular weight is 540 g/mol. The zero-order valence-electron chi connectivity index (χ0n) is 19.4. The summed E-state index contributed by atoms with van der Waals surface area (Å²) in [5.74, 6) is -0.580. The number of aliphatic hydroxyl groups is 2. The number of halogens is 7. The van der Waals surface area contributed by atoms with E-state index in [0.29, 0.717) is 11.6 Å². The van der Waals surface area contributed by atoms with E-state index in [9.17, 15) is 32.2 Å². The molecule has 200 valence electrons. The third-order valence-electron chi connectivity index (χ3n) is 7.38. The molecule has 0 aliphatic heterocycles. The molecule has 0 unspecified atom stereocenters. The molecule has 13 heteroatoms. The van der Waals surface area contributed by atoms with E-state index in [1.165, 1.54) is 12.1 Å². The largest absolute Gasteiger partial charge is 0.418 e. The van der Waals surface area contributed by atoms with Gasteiger partial charge in [-0.05, 0) is 59.5 Å². The molecule has 2 N–H and O–H groups in total. The van der Waals surface area contributed by atoms with Gasteiger partial charge in [0, 0.05) is 28.0 Å². The van der Waals surface area contributed by atoms with Crippen molar-refractivity contribution >= 4 is 0 Å². The lowest BCUT2D eigenvalue weighted by atomic mass is 9.32. The lowest BCUT2D eigenvalue weighted by molar-refractivity contribution is -0.355. The van der Waals surface area contributed by atoms with Gasteiger partial charge in [-0.2, -0.15) is 13.2 Å². The van der Waals surface area contributed by atoms with Crippen molar-refractivity contribution in [1.29, 1.82) is 0 Å². The molecule has 3 aliphatic rings. The lowest BCUT2D eigenvalue weighted by Crippen LogP contribution is -2.74. The van der Waals surface area contributed by atoms with E-state index in [-0.39, 0.29) is 24.8 Å². The van der Waals surface area contributed by atoms with Gasteiger partial charge in [-0.15, -0.1) is 5.10 Å². The van der Waals surface area contributed by atoms with E-state index in [1.54, 1.807) is 0 Å². The summed E-state index contributed by atoms with van der Waals surface area (Å²) < 4.78 is 99.2. The van der Waals surface area contributed by atoms with Crippen LogP contribution in [-0.2, 0) is 12.1 Å². The first-order chi connectivity index (χ1) is 17.7. The van der Waals surface area contributed by atoms with Crippen molar-refractivity contribution in [3.63, 3.8) is 0 Å². The van der Waals surface area contributed by atoms with Crippen LogP contribution >= 0.6 is 0 Å². The highest BCUT2D eigenvalue weighted by atomic mass is 19.4. The summed E-state index contributed by atoms with van der Waals surface area (Å²) in [6.07, 6.45) is -6.83. The van der Waals surface area contributed by atoms with Crippen molar-refractivity contribution in [2.45, 2.75) is 49.6 Å². The van der Waals surface area contributed by atoms with Gasteiger partial charge in [-0.25, -0.2) is 22.2 Å². The number of aliphatic hydroxyl groups excluding tert-OH is 1. The van der Waals surface area contributed by atoms with Gasteiger partial charge in [-0.3, -0.25) is 0 Å². The monoisotopic (exact) mass is 540 g/mol. The molecule has 3 aromatic rings. The second-order valence-corrected chi connectivity index (χ2v) is 9.97. The van der Waals surface area contributed by atoms with Crippen LogP contribution in [-0.4, -0.2) is 42.5 Å². The predicted octanol–water partition coefficient (Wildman–Crippen LogP) is 4.29. The number of hydrogen-bond donors (Lipinski definition) is 2. The molecule has 0 radical (unpaired) electrons. The summed E-state index contributed by atoms with van der Waals surface area (Å²) in [6.45, 7) is -0.897. The van der Waals surface area contributed by atoms with Gasteiger partial charge < -0.3 is 10.2 Å². The van der Waals surface area contributed by atoms with Crippen LogP contribution in [0.3, 0.4) is 0 Å². The highest BCUT2D eigenvalue weighted by molar-refractivity contribution is 5.43. The molecule has 3 aliphatic carbocycles. The van der Waals surface area contributed by atoms with Crippen molar-refractivity contribution in [2.24, 2.45) is 10.8 Å². The number of nitrogens with zero attached hydrogens (tertiary/aromatic N) is 4. The van der Waals surface area contributed by atoms with Crippen LogP contribution in [0.1, 0.15) is 42.1 Å². The molecular formula is C25H19F7N4O2. The van der Waals surface area contributed by atoms with Crippen LogP contribution in [0.25, 0.3) is 0 Å². The third kappa shape index (κ3) is 4.03. The Bertz CT molecular complexity index is 1390. The van der Waals surface area contributed by atoms with Crippen LogP contribution in [0.15, 0.2) is 48.8 Å². The van der Waals surface area contributed by atoms with Crippen molar-refractivity contribution in [3.8, 4) is 11.8 Å². The second kappa shape index (κ2) is 8.51. The van der Waals surface area contributed by atoms with E-state index in [0.717, 1.165) is 35.3 Å². The summed E-state index contributed by atoms with van der Waals surface area (Å²) >= 11 is 0. The Morgan fingerprint density at radius 1 is 1.00 bits per heavy atom. The number of alkyl halides is 5. The Labute approximate surface area is 211 Å². The van der Waals surface area contributed by atoms with Gasteiger partial charge in [0.05, 0.1) is 6.54 Å². The highest BCUT2D eigenvalue weighted by Crippen LogP contribution is 2.80. The fourth-order valence-corrected chi connectivity index (χ4v) is 5.50. The molecule has 0 amide bonds. The van der Waals surface area contributed by atoms with Crippen molar-refractivity contribution in [3.05, 3.63) is 77.1 Å². The molecule has 38 heavy (non-hydrogen) atoms. The normalized spacial score (nSPS) is 24.9. The minimum absolute atomic E-state index is 0.119. The molecule has 3 saturated carbocycles. The standard InChI is InChI=1S/C25H19F7N4O2/c26-17-5-6-18(19(27)9-17)23(38,13-36-14-33-34-35-36)25(31,32)22-10-21(11-22,12-22)8-7-15-1-3-16(4-2-15)20(37)24(28,29)30/h1-6,9,14,20,37-38H,10-13H2/t20-,21?,22?,23-/m1/s1. The van der Waals surface area contributed by atoms with Crippen molar-refractivity contribution in [2.75, 3.05) is 0 Å². The number of rotatable bonds is 6. The first-order valence-electron chi connectivity index (χ1n) is 11.3. The van der Waals surface area contributed by atoms with Gasteiger partial charge in [0.25, 0.3) is 5.92 Å². The summed E-state index contributed by atoms with van der Waals surface area (Å²) in [6, 6.07) is 6.68. The van der Waals surface area contributed by atoms with Crippen LogP contribution in [0.2, 0.25) is 0 Å². The van der Waals surface area contributed by atoms with E-state index >= 15 is 8.78 Å². The zero-order chi connectivity index (χ0) is 27.6. The molecule has 2 bridgehead atoms. The topological polar surface area (TPSA) is 84.1 Å². The molecule has 1 aromatic heterocycles. The Morgan fingerprint density at radius 3 is 2.21 bits per heavy atom. The fourth-order valence-electron chi connectivity index (χ4n) is 5.50. The second-order valence-electron chi connectivity index (χ2n) is 9.97. The lowest BCUT2D eigenvalue weighted by Gasteiger charge is -2.72. The highest BCUT2D eigenvalue weighted by Gasteiger charge is 2.81.